The Balaban J connectivity index is 0. The molecule has 0 aliphatic rings. The maximum atomic E-state index is 9.64. The van der Waals surface area contributed by atoms with Gasteiger partial charge < -0.3 is 10.2 Å². The van der Waals surface area contributed by atoms with E-state index in [0.717, 1.165) is 0 Å². The van der Waals surface area contributed by atoms with Gasteiger partial charge >= 0.3 is 32.7 Å². The summed E-state index contributed by atoms with van der Waals surface area (Å²) in [4.78, 5) is 19.3. The third kappa shape index (κ3) is 25.2. The number of carboxylic acids is 2. The van der Waals surface area contributed by atoms with E-state index in [1.54, 1.807) is 0 Å². The molecule has 0 fully saturated rings. The van der Waals surface area contributed by atoms with Crippen LogP contribution in [0.3, 0.4) is 0 Å². The molecule has 0 heterocycles. The summed E-state index contributed by atoms with van der Waals surface area (Å²) in [6.07, 6.45) is -0.593. The largest absolute Gasteiger partial charge is 0.481 e. The van der Waals surface area contributed by atoms with Crippen molar-refractivity contribution >= 4 is 32.7 Å². The van der Waals surface area contributed by atoms with Crippen LogP contribution in [-0.4, -0.2) is 48.1 Å². The fourth-order valence-electron chi connectivity index (χ4n) is 0.323. The van der Waals surface area contributed by atoms with Crippen molar-refractivity contribution < 1.29 is 49.4 Å². The lowest BCUT2D eigenvalue weighted by atomic mass is 10.3. The van der Waals surface area contributed by atoms with E-state index in [9.17, 15) is 26.4 Å². The minimum Gasteiger partial charge on any atom is -0.481 e. The molecular formula is C4H8O11S2. The van der Waals surface area contributed by atoms with Gasteiger partial charge in [-0.2, -0.15) is 16.8 Å². The first-order chi connectivity index (χ1) is 7.33. The minimum absolute atomic E-state index is 0.296. The monoisotopic (exact) mass is 296 g/mol. The number of carboxylic acid groups (broad SMARTS) is 2. The zero-order valence-electron chi connectivity index (χ0n) is 7.88. The summed E-state index contributed by atoms with van der Waals surface area (Å²) in [5.74, 6) is -2.15. The molecule has 0 saturated carbocycles. The van der Waals surface area contributed by atoms with Crippen molar-refractivity contribution in [2.45, 2.75) is 12.8 Å². The van der Waals surface area contributed by atoms with Gasteiger partial charge in [-0.05, 0) is 0 Å². The molecule has 0 bridgehead atoms. The van der Waals surface area contributed by atoms with Crippen molar-refractivity contribution in [1.82, 2.24) is 0 Å². The normalized spacial score (nSPS) is 11.2. The molecule has 0 aliphatic heterocycles. The second-order valence-electron chi connectivity index (χ2n) is 2.21. The Kier molecular flexibility index (Phi) is 7.58. The van der Waals surface area contributed by atoms with E-state index in [-0.39, 0.29) is 12.8 Å². The Morgan fingerprint density at radius 2 is 1.06 bits per heavy atom. The fourth-order valence-corrected chi connectivity index (χ4v) is 1.19. The van der Waals surface area contributed by atoms with E-state index in [1.165, 1.54) is 0 Å². The molecule has 11 nitrogen and oxygen atoms in total. The molecule has 102 valence electrons. The highest BCUT2D eigenvalue weighted by molar-refractivity contribution is 7.94. The Hall–Kier alpha value is -1.28. The highest BCUT2D eigenvalue weighted by Gasteiger charge is 2.15. The van der Waals surface area contributed by atoms with Gasteiger partial charge in [-0.1, -0.05) is 0 Å². The SMILES string of the molecule is O=C(O)CCC(=O)O.O=S(=O)(O)OS(=O)(=O)O. The van der Waals surface area contributed by atoms with Crippen LogP contribution in [0.5, 0.6) is 0 Å². The first kappa shape index (κ1) is 18.1. The van der Waals surface area contributed by atoms with Crippen LogP contribution in [0, 0.1) is 0 Å². The predicted molar refractivity (Wildman–Crippen MR) is 48.7 cm³/mol. The van der Waals surface area contributed by atoms with E-state index in [0.29, 0.717) is 0 Å². The molecular weight excluding hydrogens is 288 g/mol. The van der Waals surface area contributed by atoms with Gasteiger partial charge in [-0.3, -0.25) is 18.7 Å². The molecule has 0 aromatic rings. The summed E-state index contributed by atoms with van der Waals surface area (Å²) in [7, 11) is -10.2. The number of hydrogen-bond acceptors (Lipinski definition) is 7. The van der Waals surface area contributed by atoms with Gasteiger partial charge in [-0.25, -0.2) is 0 Å². The molecule has 0 spiro atoms. The van der Waals surface area contributed by atoms with E-state index >= 15 is 0 Å². The second-order valence-corrected chi connectivity index (χ2v) is 4.47. The standard InChI is InChI=1S/C4H6O4.H2O7S2/c5-3(6)1-2-4(7)8;1-8(2,3)7-9(4,5)6/h1-2H2,(H,5,6)(H,7,8);(H,1,2,3)(H,4,5,6). The van der Waals surface area contributed by atoms with Crippen LogP contribution in [0.2, 0.25) is 0 Å². The minimum atomic E-state index is -5.12. The zero-order chi connectivity index (χ0) is 14.3. The maximum absolute atomic E-state index is 9.64. The Morgan fingerprint density at radius 3 is 1.12 bits per heavy atom. The maximum Gasteiger partial charge on any atom is 0.413 e. The summed E-state index contributed by atoms with van der Waals surface area (Å²) in [6.45, 7) is 0. The van der Waals surface area contributed by atoms with Crippen LogP contribution in [0.4, 0.5) is 0 Å². The number of aliphatic carboxylic acids is 2. The second kappa shape index (κ2) is 7.13. The first-order valence-corrected chi connectivity index (χ1v) is 6.16. The highest BCUT2D eigenvalue weighted by Crippen LogP contribution is 1.91. The number of carbonyl (C=O) groups is 2. The van der Waals surface area contributed by atoms with Gasteiger partial charge in [0.05, 0.1) is 12.8 Å². The molecule has 0 aromatic carbocycles. The summed E-state index contributed by atoms with van der Waals surface area (Å²) >= 11 is 0. The molecule has 0 rings (SSSR count). The van der Waals surface area contributed by atoms with Crippen molar-refractivity contribution in [3.8, 4) is 0 Å². The Bertz CT molecular complexity index is 412. The van der Waals surface area contributed by atoms with Crippen LogP contribution in [0.1, 0.15) is 12.8 Å². The first-order valence-electron chi connectivity index (χ1n) is 3.43. The third-order valence-electron chi connectivity index (χ3n) is 0.725. The molecule has 13 heteroatoms. The van der Waals surface area contributed by atoms with Crippen LogP contribution in [0.15, 0.2) is 0 Å². The summed E-state index contributed by atoms with van der Waals surface area (Å²) in [5.41, 5.74) is 0. The highest BCUT2D eigenvalue weighted by atomic mass is 32.3. The molecule has 0 unspecified atom stereocenters. The smallest absolute Gasteiger partial charge is 0.413 e. The van der Waals surface area contributed by atoms with E-state index < -0.39 is 32.7 Å². The summed E-state index contributed by atoms with van der Waals surface area (Å²) in [6, 6.07) is 0. The van der Waals surface area contributed by atoms with Gasteiger partial charge in [0.15, 0.2) is 0 Å². The third-order valence-corrected chi connectivity index (χ3v) is 2.10. The van der Waals surface area contributed by atoms with Crippen molar-refractivity contribution in [3.63, 3.8) is 0 Å². The van der Waals surface area contributed by atoms with Crippen molar-refractivity contribution in [1.29, 1.82) is 0 Å². The summed E-state index contributed by atoms with van der Waals surface area (Å²) in [5, 5.41) is 15.8. The lowest BCUT2D eigenvalue weighted by Gasteiger charge is -1.89. The van der Waals surface area contributed by atoms with Crippen molar-refractivity contribution in [2.75, 3.05) is 0 Å². The van der Waals surface area contributed by atoms with E-state index in [2.05, 4.69) is 3.63 Å². The van der Waals surface area contributed by atoms with Crippen LogP contribution in [0.25, 0.3) is 0 Å². The van der Waals surface area contributed by atoms with Crippen molar-refractivity contribution in [2.24, 2.45) is 0 Å². The van der Waals surface area contributed by atoms with Crippen LogP contribution < -0.4 is 0 Å². The average Bonchev–Trinajstić information content (AvgIpc) is 1.94. The molecule has 0 radical (unpaired) electrons. The molecule has 0 aromatic heterocycles. The van der Waals surface area contributed by atoms with Crippen molar-refractivity contribution in [3.05, 3.63) is 0 Å². The quantitative estimate of drug-likeness (QED) is 0.433. The van der Waals surface area contributed by atoms with Gasteiger partial charge in [-0.15, -0.1) is 3.63 Å². The van der Waals surface area contributed by atoms with Crippen LogP contribution >= 0.6 is 0 Å². The van der Waals surface area contributed by atoms with Gasteiger partial charge in [0.2, 0.25) is 0 Å². The lowest BCUT2D eigenvalue weighted by Crippen LogP contribution is -2.10. The van der Waals surface area contributed by atoms with Crippen LogP contribution in [-0.2, 0) is 34.0 Å². The average molecular weight is 296 g/mol. The van der Waals surface area contributed by atoms with E-state index in [4.69, 9.17) is 19.3 Å². The molecule has 0 aliphatic carbocycles. The summed E-state index contributed by atoms with van der Waals surface area (Å²) < 4.78 is 55.6. The predicted octanol–water partition coefficient (Wildman–Crippen LogP) is -1.46. The van der Waals surface area contributed by atoms with E-state index in [1.807, 2.05) is 0 Å². The van der Waals surface area contributed by atoms with Gasteiger partial charge in [0, 0.05) is 0 Å². The Labute approximate surface area is 95.5 Å². The van der Waals surface area contributed by atoms with Gasteiger partial charge in [0.25, 0.3) is 0 Å². The Morgan fingerprint density at radius 1 is 0.824 bits per heavy atom. The fraction of sp³-hybridized carbons (Fsp3) is 0.500. The lowest BCUT2D eigenvalue weighted by molar-refractivity contribution is -0.143. The number of rotatable bonds is 5. The molecule has 0 amide bonds. The number of hydrogen-bond donors (Lipinski definition) is 4. The molecule has 17 heavy (non-hydrogen) atoms. The zero-order valence-corrected chi connectivity index (χ0v) is 9.51. The van der Waals surface area contributed by atoms with Gasteiger partial charge in [0.1, 0.15) is 0 Å². The molecule has 0 atom stereocenters. The topological polar surface area (TPSA) is 193 Å². The molecule has 0 saturated heterocycles. The molecule has 4 N–H and O–H groups in total.